The number of sulfonamides is 1. The van der Waals surface area contributed by atoms with Crippen molar-refractivity contribution in [1.82, 2.24) is 9.21 Å². The molecule has 2 aliphatic heterocycles. The maximum atomic E-state index is 13.8. The molecular formula is C16H21FN2O4S. The predicted molar refractivity (Wildman–Crippen MR) is 85.4 cm³/mol. The third-order valence-corrected chi connectivity index (χ3v) is 6.47. The molecule has 1 unspecified atom stereocenters. The molecule has 24 heavy (non-hydrogen) atoms. The Hall–Kier alpha value is -1.51. The van der Waals surface area contributed by atoms with Crippen LogP contribution in [-0.4, -0.2) is 62.4 Å². The summed E-state index contributed by atoms with van der Waals surface area (Å²) in [5, 5.41) is 0. The summed E-state index contributed by atoms with van der Waals surface area (Å²) in [5.74, 6) is -0.752. The van der Waals surface area contributed by atoms with Gasteiger partial charge in [-0.3, -0.25) is 4.79 Å². The van der Waals surface area contributed by atoms with Gasteiger partial charge in [-0.25, -0.2) is 12.8 Å². The van der Waals surface area contributed by atoms with E-state index >= 15 is 0 Å². The van der Waals surface area contributed by atoms with Crippen LogP contribution < -0.4 is 0 Å². The Kier molecular flexibility index (Phi) is 4.89. The standard InChI is InChI=1S/C16H21FN2O4S/c1-12-4-5-13(11-14(12)17)24(21,22)19-6-2-3-15(19)16(20)18-7-9-23-10-8-18/h4-5,11,15H,2-3,6-10H2,1H3. The summed E-state index contributed by atoms with van der Waals surface area (Å²) < 4.78 is 45.9. The number of aryl methyl sites for hydroxylation is 1. The number of carbonyl (C=O) groups is 1. The molecule has 1 aromatic carbocycles. The molecule has 0 aliphatic carbocycles. The van der Waals surface area contributed by atoms with Crippen LogP contribution >= 0.6 is 0 Å². The Labute approximate surface area is 141 Å². The van der Waals surface area contributed by atoms with Gasteiger partial charge in [0.15, 0.2) is 0 Å². The highest BCUT2D eigenvalue weighted by atomic mass is 32.2. The summed E-state index contributed by atoms with van der Waals surface area (Å²) in [6.07, 6.45) is 1.11. The molecule has 6 nitrogen and oxygen atoms in total. The van der Waals surface area contributed by atoms with Crippen molar-refractivity contribution >= 4 is 15.9 Å². The normalized spacial score (nSPS) is 22.8. The van der Waals surface area contributed by atoms with Crippen molar-refractivity contribution in [1.29, 1.82) is 0 Å². The van der Waals surface area contributed by atoms with Gasteiger partial charge in [-0.2, -0.15) is 4.31 Å². The van der Waals surface area contributed by atoms with Crippen LogP contribution in [0, 0.1) is 12.7 Å². The van der Waals surface area contributed by atoms with E-state index in [2.05, 4.69) is 0 Å². The van der Waals surface area contributed by atoms with Gasteiger partial charge in [0, 0.05) is 19.6 Å². The third-order valence-electron chi connectivity index (χ3n) is 4.56. The maximum Gasteiger partial charge on any atom is 0.243 e. The third kappa shape index (κ3) is 3.18. The van der Waals surface area contributed by atoms with Gasteiger partial charge < -0.3 is 9.64 Å². The first-order valence-corrected chi connectivity index (χ1v) is 9.50. The van der Waals surface area contributed by atoms with Gasteiger partial charge in [0.1, 0.15) is 11.9 Å². The number of hydrogen-bond acceptors (Lipinski definition) is 4. The van der Waals surface area contributed by atoms with E-state index in [-0.39, 0.29) is 17.3 Å². The first kappa shape index (κ1) is 17.3. The number of halogens is 1. The Bertz CT molecular complexity index is 732. The van der Waals surface area contributed by atoms with Gasteiger partial charge in [-0.05, 0) is 37.5 Å². The minimum Gasteiger partial charge on any atom is -0.378 e. The number of benzene rings is 1. The van der Waals surface area contributed by atoms with E-state index < -0.39 is 21.9 Å². The number of ether oxygens (including phenoxy) is 1. The van der Waals surface area contributed by atoms with Crippen LogP contribution in [0.3, 0.4) is 0 Å². The molecule has 2 saturated heterocycles. The number of hydrogen-bond donors (Lipinski definition) is 0. The SMILES string of the molecule is Cc1ccc(S(=O)(=O)N2CCCC2C(=O)N2CCOCC2)cc1F. The molecule has 1 amide bonds. The van der Waals surface area contributed by atoms with Crippen LogP contribution in [0.2, 0.25) is 0 Å². The van der Waals surface area contributed by atoms with Crippen LogP contribution in [0.1, 0.15) is 18.4 Å². The molecule has 132 valence electrons. The summed E-state index contributed by atoms with van der Waals surface area (Å²) >= 11 is 0. The van der Waals surface area contributed by atoms with Crippen molar-refractivity contribution in [2.45, 2.75) is 30.7 Å². The summed E-state index contributed by atoms with van der Waals surface area (Å²) in [6, 6.07) is 3.15. The molecule has 0 N–H and O–H groups in total. The van der Waals surface area contributed by atoms with Crippen molar-refractivity contribution < 1.29 is 22.3 Å². The van der Waals surface area contributed by atoms with Crippen molar-refractivity contribution in [3.05, 3.63) is 29.6 Å². The first-order chi connectivity index (χ1) is 11.4. The fourth-order valence-corrected chi connectivity index (χ4v) is 4.80. The molecule has 2 aliphatic rings. The molecule has 0 aromatic heterocycles. The second-order valence-corrected chi connectivity index (χ2v) is 8.01. The summed E-state index contributed by atoms with van der Waals surface area (Å²) in [6.45, 7) is 3.73. The lowest BCUT2D eigenvalue weighted by molar-refractivity contribution is -0.138. The topological polar surface area (TPSA) is 66.9 Å². The molecule has 1 atom stereocenters. The molecule has 3 rings (SSSR count). The highest BCUT2D eigenvalue weighted by Gasteiger charge is 2.41. The quantitative estimate of drug-likeness (QED) is 0.815. The van der Waals surface area contributed by atoms with E-state index in [9.17, 15) is 17.6 Å². The lowest BCUT2D eigenvalue weighted by atomic mass is 10.2. The number of rotatable bonds is 3. The van der Waals surface area contributed by atoms with Gasteiger partial charge >= 0.3 is 0 Å². The molecule has 2 heterocycles. The number of morpholine rings is 1. The fraction of sp³-hybridized carbons (Fsp3) is 0.562. The second kappa shape index (κ2) is 6.78. The van der Waals surface area contributed by atoms with Gasteiger partial charge in [-0.15, -0.1) is 0 Å². The Balaban J connectivity index is 1.85. The zero-order chi connectivity index (χ0) is 17.3. The molecule has 1 aromatic rings. The zero-order valence-corrected chi connectivity index (χ0v) is 14.4. The van der Waals surface area contributed by atoms with Crippen molar-refractivity contribution in [2.75, 3.05) is 32.8 Å². The van der Waals surface area contributed by atoms with Crippen molar-refractivity contribution in [2.24, 2.45) is 0 Å². The second-order valence-electron chi connectivity index (χ2n) is 6.12. The first-order valence-electron chi connectivity index (χ1n) is 8.06. The van der Waals surface area contributed by atoms with E-state index in [1.807, 2.05) is 0 Å². The predicted octanol–water partition coefficient (Wildman–Crippen LogP) is 1.15. The molecular weight excluding hydrogens is 335 g/mol. The smallest absolute Gasteiger partial charge is 0.243 e. The fourth-order valence-electron chi connectivity index (χ4n) is 3.14. The van der Waals surface area contributed by atoms with E-state index in [4.69, 9.17) is 4.74 Å². The Morgan fingerprint density at radius 2 is 1.96 bits per heavy atom. The van der Waals surface area contributed by atoms with Gasteiger partial charge in [0.25, 0.3) is 0 Å². The summed E-state index contributed by atoms with van der Waals surface area (Å²) in [5.41, 5.74) is 0.385. The van der Waals surface area contributed by atoms with Gasteiger partial charge in [0.2, 0.25) is 15.9 Å². The minimum absolute atomic E-state index is 0.104. The number of nitrogens with zero attached hydrogens (tertiary/aromatic N) is 2. The van der Waals surface area contributed by atoms with Crippen LogP contribution in [0.5, 0.6) is 0 Å². The monoisotopic (exact) mass is 356 g/mol. The molecule has 0 spiro atoms. The van der Waals surface area contributed by atoms with Crippen molar-refractivity contribution in [3.8, 4) is 0 Å². The van der Waals surface area contributed by atoms with Crippen molar-refractivity contribution in [3.63, 3.8) is 0 Å². The largest absolute Gasteiger partial charge is 0.378 e. The molecule has 0 bridgehead atoms. The highest BCUT2D eigenvalue weighted by molar-refractivity contribution is 7.89. The van der Waals surface area contributed by atoms with E-state index in [0.717, 1.165) is 6.07 Å². The van der Waals surface area contributed by atoms with Crippen LogP contribution in [0.4, 0.5) is 4.39 Å². The average molecular weight is 356 g/mol. The summed E-state index contributed by atoms with van der Waals surface area (Å²) in [4.78, 5) is 14.2. The lowest BCUT2D eigenvalue weighted by Gasteiger charge is -2.32. The Morgan fingerprint density at radius 3 is 2.62 bits per heavy atom. The van der Waals surface area contributed by atoms with Crippen LogP contribution in [0.25, 0.3) is 0 Å². The zero-order valence-electron chi connectivity index (χ0n) is 13.6. The van der Waals surface area contributed by atoms with Gasteiger partial charge in [-0.1, -0.05) is 6.07 Å². The summed E-state index contributed by atoms with van der Waals surface area (Å²) in [7, 11) is -3.90. The number of carbonyl (C=O) groups excluding carboxylic acids is 1. The molecule has 2 fully saturated rings. The molecule has 0 saturated carbocycles. The van der Waals surface area contributed by atoms with E-state index in [1.165, 1.54) is 16.4 Å². The Morgan fingerprint density at radius 1 is 1.25 bits per heavy atom. The van der Waals surface area contributed by atoms with Crippen LogP contribution in [-0.2, 0) is 19.6 Å². The van der Waals surface area contributed by atoms with Gasteiger partial charge in [0.05, 0.1) is 18.1 Å². The van der Waals surface area contributed by atoms with E-state index in [0.29, 0.717) is 44.7 Å². The number of amides is 1. The molecule has 0 radical (unpaired) electrons. The van der Waals surface area contributed by atoms with Crippen LogP contribution in [0.15, 0.2) is 23.1 Å². The van der Waals surface area contributed by atoms with E-state index in [1.54, 1.807) is 11.8 Å². The average Bonchev–Trinajstić information content (AvgIpc) is 3.08. The minimum atomic E-state index is -3.90. The lowest BCUT2D eigenvalue weighted by Crippen LogP contribution is -2.50. The molecule has 8 heteroatoms. The highest BCUT2D eigenvalue weighted by Crippen LogP contribution is 2.28. The maximum absolute atomic E-state index is 13.8.